The first-order chi connectivity index (χ1) is 8.95. The SMILES string of the molecule is CC1(C)C2CC(C3C4C=CC(C4)C32)C1(CF)C(=O)O. The highest BCUT2D eigenvalue weighted by atomic mass is 19.1. The van der Waals surface area contributed by atoms with Crippen LogP contribution in [0.25, 0.3) is 0 Å². The van der Waals surface area contributed by atoms with E-state index in [1.165, 1.54) is 6.42 Å². The lowest BCUT2D eigenvalue weighted by Crippen LogP contribution is -2.56. The topological polar surface area (TPSA) is 37.3 Å². The zero-order valence-electron chi connectivity index (χ0n) is 11.5. The molecule has 0 aromatic heterocycles. The van der Waals surface area contributed by atoms with Crippen LogP contribution in [0.15, 0.2) is 12.2 Å². The van der Waals surface area contributed by atoms with Crippen molar-refractivity contribution in [3.63, 3.8) is 0 Å². The highest BCUT2D eigenvalue weighted by Crippen LogP contribution is 2.76. The van der Waals surface area contributed by atoms with Gasteiger partial charge in [0.25, 0.3) is 0 Å². The lowest BCUT2D eigenvalue weighted by atomic mass is 9.51. The maximum atomic E-state index is 13.9. The lowest BCUT2D eigenvalue weighted by Gasteiger charge is -2.51. The number of alkyl halides is 1. The maximum absolute atomic E-state index is 13.9. The van der Waals surface area contributed by atoms with Gasteiger partial charge in [0.15, 0.2) is 0 Å². The smallest absolute Gasteiger partial charge is 0.313 e. The van der Waals surface area contributed by atoms with Gasteiger partial charge >= 0.3 is 5.97 Å². The highest BCUT2D eigenvalue weighted by Gasteiger charge is 2.75. The fourth-order valence-corrected chi connectivity index (χ4v) is 6.50. The van der Waals surface area contributed by atoms with Crippen LogP contribution in [-0.4, -0.2) is 17.8 Å². The largest absolute Gasteiger partial charge is 0.481 e. The second-order valence-electron chi connectivity index (χ2n) is 7.68. The van der Waals surface area contributed by atoms with Crippen LogP contribution in [0.1, 0.15) is 26.7 Å². The van der Waals surface area contributed by atoms with Crippen molar-refractivity contribution in [3.05, 3.63) is 12.2 Å². The number of fused-ring (bicyclic) bond motifs is 9. The number of carboxylic acids is 1. The van der Waals surface area contributed by atoms with E-state index < -0.39 is 23.5 Å². The van der Waals surface area contributed by atoms with E-state index in [9.17, 15) is 14.3 Å². The molecule has 0 spiro atoms. The predicted molar refractivity (Wildman–Crippen MR) is 69.1 cm³/mol. The summed E-state index contributed by atoms with van der Waals surface area (Å²) in [6.45, 7) is 3.29. The molecule has 0 heterocycles. The van der Waals surface area contributed by atoms with Gasteiger partial charge in [0, 0.05) is 0 Å². The first-order valence-electron chi connectivity index (χ1n) is 7.43. The zero-order valence-corrected chi connectivity index (χ0v) is 11.5. The van der Waals surface area contributed by atoms with Crippen LogP contribution in [0, 0.1) is 46.3 Å². The summed E-state index contributed by atoms with van der Waals surface area (Å²) in [5.41, 5.74) is -1.56. The van der Waals surface area contributed by atoms with Crippen molar-refractivity contribution in [2.24, 2.45) is 46.3 Å². The number of carbonyl (C=O) groups is 1. The van der Waals surface area contributed by atoms with Crippen LogP contribution >= 0.6 is 0 Å². The molecule has 0 amide bonds. The molecule has 4 bridgehead atoms. The third-order valence-electron chi connectivity index (χ3n) is 7.32. The van der Waals surface area contributed by atoms with Crippen LogP contribution in [0.2, 0.25) is 0 Å². The molecule has 19 heavy (non-hydrogen) atoms. The van der Waals surface area contributed by atoms with E-state index in [1.54, 1.807) is 0 Å². The van der Waals surface area contributed by atoms with Gasteiger partial charge in [-0.25, -0.2) is 4.39 Å². The standard InChI is InChI=1S/C16H21FO2/c1-15(2)10-6-11(16(15,7-17)14(18)19)13-9-4-3-8(5-9)12(10)13/h3-4,8-13H,5-7H2,1-2H3,(H,18,19). The van der Waals surface area contributed by atoms with Gasteiger partial charge < -0.3 is 5.11 Å². The summed E-state index contributed by atoms with van der Waals surface area (Å²) < 4.78 is 13.9. The third kappa shape index (κ3) is 1.02. The van der Waals surface area contributed by atoms with Crippen molar-refractivity contribution in [2.75, 3.05) is 6.67 Å². The summed E-state index contributed by atoms with van der Waals surface area (Å²) >= 11 is 0. The van der Waals surface area contributed by atoms with Crippen LogP contribution in [-0.2, 0) is 4.79 Å². The van der Waals surface area contributed by atoms with E-state index in [0.717, 1.165) is 6.42 Å². The summed E-state index contributed by atoms with van der Waals surface area (Å²) in [4.78, 5) is 11.9. The zero-order chi connectivity index (χ0) is 13.6. The Morgan fingerprint density at radius 1 is 1.21 bits per heavy atom. The number of carboxylic acid groups (broad SMARTS) is 1. The lowest BCUT2D eigenvalue weighted by molar-refractivity contribution is -0.171. The molecule has 3 fully saturated rings. The summed E-state index contributed by atoms with van der Waals surface area (Å²) in [5, 5.41) is 9.75. The molecular weight excluding hydrogens is 243 g/mol. The molecule has 0 aromatic rings. The Kier molecular flexibility index (Phi) is 2.03. The minimum atomic E-state index is -1.14. The van der Waals surface area contributed by atoms with Crippen molar-refractivity contribution < 1.29 is 14.3 Å². The molecule has 0 aromatic carbocycles. The van der Waals surface area contributed by atoms with E-state index >= 15 is 0 Å². The average molecular weight is 264 g/mol. The summed E-state index contributed by atoms with van der Waals surface area (Å²) in [5.74, 6) is 1.72. The molecule has 4 aliphatic carbocycles. The number of allylic oxidation sites excluding steroid dienone is 2. The Morgan fingerprint density at radius 2 is 1.79 bits per heavy atom. The second-order valence-corrected chi connectivity index (χ2v) is 7.68. The minimum Gasteiger partial charge on any atom is -0.481 e. The molecule has 1 N–H and O–H groups in total. The average Bonchev–Trinajstić information content (AvgIpc) is 3.03. The number of aliphatic carboxylic acids is 1. The molecule has 7 unspecified atom stereocenters. The van der Waals surface area contributed by atoms with Crippen molar-refractivity contribution in [3.8, 4) is 0 Å². The fourth-order valence-electron chi connectivity index (χ4n) is 6.50. The van der Waals surface area contributed by atoms with E-state index in [0.29, 0.717) is 29.6 Å². The summed E-state index contributed by atoms with van der Waals surface area (Å²) in [6.07, 6.45) is 6.71. The first-order valence-corrected chi connectivity index (χ1v) is 7.43. The number of hydrogen-bond acceptors (Lipinski definition) is 1. The van der Waals surface area contributed by atoms with Crippen LogP contribution in [0.5, 0.6) is 0 Å². The maximum Gasteiger partial charge on any atom is 0.313 e. The van der Waals surface area contributed by atoms with Gasteiger partial charge in [-0.3, -0.25) is 4.79 Å². The molecule has 0 radical (unpaired) electrons. The molecule has 3 heteroatoms. The minimum absolute atomic E-state index is 0.0416. The fraction of sp³-hybridized carbons (Fsp3) is 0.812. The molecule has 2 nitrogen and oxygen atoms in total. The van der Waals surface area contributed by atoms with Crippen LogP contribution in [0.4, 0.5) is 4.39 Å². The summed E-state index contributed by atoms with van der Waals surface area (Å²) in [6, 6.07) is 0. The first kappa shape index (κ1) is 11.9. The van der Waals surface area contributed by atoms with Gasteiger partial charge in [0.05, 0.1) is 0 Å². The number of halogens is 1. The van der Waals surface area contributed by atoms with E-state index in [-0.39, 0.29) is 5.92 Å². The predicted octanol–water partition coefficient (Wildman–Crippen LogP) is 3.14. The van der Waals surface area contributed by atoms with E-state index in [2.05, 4.69) is 12.2 Å². The molecular formula is C16H21FO2. The quantitative estimate of drug-likeness (QED) is 0.614. The molecule has 0 aliphatic heterocycles. The Morgan fingerprint density at radius 3 is 2.32 bits per heavy atom. The Hall–Kier alpha value is -0.860. The molecule has 0 saturated heterocycles. The Labute approximate surface area is 113 Å². The molecule has 4 aliphatic rings. The highest BCUT2D eigenvalue weighted by molar-refractivity contribution is 5.78. The van der Waals surface area contributed by atoms with Gasteiger partial charge in [-0.15, -0.1) is 0 Å². The molecule has 104 valence electrons. The number of hydrogen-bond donors (Lipinski definition) is 1. The van der Waals surface area contributed by atoms with Gasteiger partial charge in [-0.2, -0.15) is 0 Å². The summed E-state index contributed by atoms with van der Waals surface area (Å²) in [7, 11) is 0. The monoisotopic (exact) mass is 264 g/mol. The van der Waals surface area contributed by atoms with Crippen molar-refractivity contribution in [1.29, 1.82) is 0 Å². The number of rotatable bonds is 2. The second kappa shape index (κ2) is 3.24. The van der Waals surface area contributed by atoms with Gasteiger partial charge in [0.1, 0.15) is 12.1 Å². The van der Waals surface area contributed by atoms with Gasteiger partial charge in [-0.05, 0) is 53.8 Å². The normalized spacial score (nSPS) is 55.7. The van der Waals surface area contributed by atoms with Crippen LogP contribution in [0.3, 0.4) is 0 Å². The molecule has 4 rings (SSSR count). The van der Waals surface area contributed by atoms with Gasteiger partial charge in [-0.1, -0.05) is 26.0 Å². The van der Waals surface area contributed by atoms with Crippen molar-refractivity contribution in [1.82, 2.24) is 0 Å². The Bertz CT molecular complexity index is 483. The van der Waals surface area contributed by atoms with Crippen molar-refractivity contribution in [2.45, 2.75) is 26.7 Å². The third-order valence-corrected chi connectivity index (χ3v) is 7.32. The molecule has 7 atom stereocenters. The molecule has 3 saturated carbocycles. The Balaban J connectivity index is 1.85. The van der Waals surface area contributed by atoms with E-state index in [1.807, 2.05) is 13.8 Å². The van der Waals surface area contributed by atoms with E-state index in [4.69, 9.17) is 0 Å². The van der Waals surface area contributed by atoms with Crippen LogP contribution < -0.4 is 0 Å². The van der Waals surface area contributed by atoms with Crippen molar-refractivity contribution >= 4 is 5.97 Å². The van der Waals surface area contributed by atoms with Gasteiger partial charge in [0.2, 0.25) is 0 Å².